The Morgan fingerprint density at radius 1 is 1.08 bits per heavy atom. The number of hydrogen-bond acceptors (Lipinski definition) is 6. The first-order valence-corrected chi connectivity index (χ1v) is 8.57. The highest BCUT2D eigenvalue weighted by atomic mass is 16.5. The molecular weight excluding hydrogens is 308 g/mol. The topological polar surface area (TPSA) is 75.6 Å². The number of amides is 1. The number of ether oxygens (including phenoxy) is 1. The van der Waals surface area contributed by atoms with Gasteiger partial charge in [-0.25, -0.2) is 9.97 Å². The van der Waals surface area contributed by atoms with Gasteiger partial charge in [0, 0.05) is 38.6 Å². The highest BCUT2D eigenvalue weighted by Crippen LogP contribution is 2.25. The summed E-state index contributed by atoms with van der Waals surface area (Å²) in [6, 6.07) is 1.79. The highest BCUT2D eigenvalue weighted by Gasteiger charge is 2.33. The molecule has 1 amide bonds. The first-order valence-electron chi connectivity index (χ1n) is 8.57. The summed E-state index contributed by atoms with van der Waals surface area (Å²) >= 11 is 0. The molecule has 0 bridgehead atoms. The van der Waals surface area contributed by atoms with Crippen molar-refractivity contribution in [2.24, 2.45) is 11.8 Å². The summed E-state index contributed by atoms with van der Waals surface area (Å²) in [5.41, 5.74) is 0. The van der Waals surface area contributed by atoms with E-state index >= 15 is 0 Å². The quantitative estimate of drug-likeness (QED) is 0.772. The first kappa shape index (κ1) is 16.7. The predicted octanol–water partition coefficient (Wildman–Crippen LogP) is 1.10. The van der Waals surface area contributed by atoms with Gasteiger partial charge in [0.2, 0.25) is 11.9 Å². The molecule has 0 radical (unpaired) electrons. The van der Waals surface area contributed by atoms with E-state index in [1.165, 1.54) is 7.11 Å². The molecule has 2 aliphatic heterocycles. The molecule has 1 aromatic heterocycles. The minimum absolute atomic E-state index is 0.0165. The Morgan fingerprint density at radius 3 is 2.46 bits per heavy atom. The fourth-order valence-electron chi connectivity index (χ4n) is 3.58. The molecule has 130 valence electrons. The maximum absolute atomic E-state index is 12.8. The average Bonchev–Trinajstić information content (AvgIpc) is 2.67. The minimum Gasteiger partial charge on any atom is -0.469 e. The van der Waals surface area contributed by atoms with Gasteiger partial charge in [0.15, 0.2) is 0 Å². The van der Waals surface area contributed by atoms with Crippen molar-refractivity contribution in [3.63, 3.8) is 0 Å². The molecule has 3 rings (SSSR count). The second-order valence-corrected chi connectivity index (χ2v) is 6.46. The average molecular weight is 332 g/mol. The zero-order chi connectivity index (χ0) is 16.9. The van der Waals surface area contributed by atoms with Crippen LogP contribution in [-0.4, -0.2) is 60.0 Å². The van der Waals surface area contributed by atoms with Gasteiger partial charge in [0.1, 0.15) is 0 Å². The highest BCUT2D eigenvalue weighted by molar-refractivity contribution is 5.80. The van der Waals surface area contributed by atoms with Crippen molar-refractivity contribution in [2.45, 2.75) is 25.7 Å². The van der Waals surface area contributed by atoms with Crippen LogP contribution in [0.4, 0.5) is 5.95 Å². The summed E-state index contributed by atoms with van der Waals surface area (Å²) in [7, 11) is 1.42. The van der Waals surface area contributed by atoms with Crippen molar-refractivity contribution in [3.05, 3.63) is 18.5 Å². The molecule has 1 atom stereocenters. The summed E-state index contributed by atoms with van der Waals surface area (Å²) in [6.45, 7) is 2.83. The number of anilines is 1. The van der Waals surface area contributed by atoms with Crippen LogP contribution in [0, 0.1) is 11.8 Å². The third-order valence-electron chi connectivity index (χ3n) is 4.95. The van der Waals surface area contributed by atoms with Crippen molar-refractivity contribution in [2.75, 3.05) is 38.2 Å². The number of rotatable bonds is 3. The number of aromatic nitrogens is 2. The van der Waals surface area contributed by atoms with Crippen molar-refractivity contribution in [1.82, 2.24) is 14.9 Å². The van der Waals surface area contributed by atoms with Crippen LogP contribution >= 0.6 is 0 Å². The number of nitrogens with zero attached hydrogens (tertiary/aromatic N) is 4. The van der Waals surface area contributed by atoms with Crippen LogP contribution in [0.15, 0.2) is 18.5 Å². The van der Waals surface area contributed by atoms with Gasteiger partial charge >= 0.3 is 5.97 Å². The van der Waals surface area contributed by atoms with Gasteiger partial charge in [0.05, 0.1) is 18.9 Å². The summed E-state index contributed by atoms with van der Waals surface area (Å²) in [5.74, 6) is 0.641. The zero-order valence-electron chi connectivity index (χ0n) is 14.1. The smallest absolute Gasteiger partial charge is 0.308 e. The Bertz CT molecular complexity index is 572. The molecule has 0 saturated carbocycles. The number of esters is 1. The van der Waals surface area contributed by atoms with Gasteiger partial charge in [-0.15, -0.1) is 0 Å². The molecule has 2 aliphatic rings. The summed E-state index contributed by atoms with van der Waals surface area (Å²) in [4.78, 5) is 37.0. The van der Waals surface area contributed by atoms with E-state index in [1.807, 2.05) is 4.90 Å². The zero-order valence-corrected chi connectivity index (χ0v) is 14.1. The van der Waals surface area contributed by atoms with Gasteiger partial charge in [-0.3, -0.25) is 9.59 Å². The molecule has 2 saturated heterocycles. The van der Waals surface area contributed by atoms with E-state index in [0.29, 0.717) is 38.4 Å². The number of piperidine rings is 2. The molecule has 0 spiro atoms. The Labute approximate surface area is 142 Å². The molecule has 24 heavy (non-hydrogen) atoms. The van der Waals surface area contributed by atoms with Crippen molar-refractivity contribution < 1.29 is 14.3 Å². The minimum atomic E-state index is -0.160. The third kappa shape index (κ3) is 3.66. The molecule has 1 aromatic rings. The van der Waals surface area contributed by atoms with E-state index in [2.05, 4.69) is 14.9 Å². The van der Waals surface area contributed by atoms with E-state index in [0.717, 1.165) is 19.4 Å². The normalized spacial score (nSPS) is 22.3. The van der Waals surface area contributed by atoms with Crippen molar-refractivity contribution in [3.8, 4) is 0 Å². The summed E-state index contributed by atoms with van der Waals surface area (Å²) in [6.07, 6.45) is 6.70. The van der Waals surface area contributed by atoms with Gasteiger partial charge < -0.3 is 14.5 Å². The fraction of sp³-hybridized carbons (Fsp3) is 0.647. The Balaban J connectivity index is 1.56. The van der Waals surface area contributed by atoms with Crippen LogP contribution in [0.3, 0.4) is 0 Å². The van der Waals surface area contributed by atoms with Crippen molar-refractivity contribution in [1.29, 1.82) is 0 Å². The van der Waals surface area contributed by atoms with E-state index < -0.39 is 0 Å². The second kappa shape index (κ2) is 7.59. The van der Waals surface area contributed by atoms with Crippen LogP contribution in [0.25, 0.3) is 0 Å². The summed E-state index contributed by atoms with van der Waals surface area (Å²) < 4.78 is 4.80. The van der Waals surface area contributed by atoms with Crippen LogP contribution in [-0.2, 0) is 14.3 Å². The van der Waals surface area contributed by atoms with E-state index in [-0.39, 0.29) is 23.7 Å². The largest absolute Gasteiger partial charge is 0.469 e. The molecule has 0 aliphatic carbocycles. The molecule has 3 heterocycles. The number of carbonyl (C=O) groups is 2. The van der Waals surface area contributed by atoms with Crippen LogP contribution in [0.1, 0.15) is 25.7 Å². The molecule has 0 unspecified atom stereocenters. The number of likely N-dealkylation sites (tertiary alicyclic amines) is 1. The predicted molar refractivity (Wildman–Crippen MR) is 88.3 cm³/mol. The lowest BCUT2D eigenvalue weighted by Gasteiger charge is -2.37. The maximum Gasteiger partial charge on any atom is 0.308 e. The fourth-order valence-corrected chi connectivity index (χ4v) is 3.58. The second-order valence-electron chi connectivity index (χ2n) is 6.46. The summed E-state index contributed by atoms with van der Waals surface area (Å²) in [5, 5.41) is 0. The number of carbonyl (C=O) groups excluding carboxylic acids is 2. The van der Waals surface area contributed by atoms with Gasteiger partial charge in [-0.05, 0) is 31.7 Å². The molecule has 0 N–H and O–H groups in total. The van der Waals surface area contributed by atoms with Gasteiger partial charge in [-0.2, -0.15) is 0 Å². The van der Waals surface area contributed by atoms with E-state index in [9.17, 15) is 9.59 Å². The maximum atomic E-state index is 12.8. The van der Waals surface area contributed by atoms with Crippen LogP contribution < -0.4 is 4.90 Å². The Kier molecular flexibility index (Phi) is 5.27. The molecule has 2 fully saturated rings. The monoisotopic (exact) mass is 332 g/mol. The lowest BCUT2D eigenvalue weighted by Crippen LogP contribution is -2.48. The lowest BCUT2D eigenvalue weighted by atomic mass is 9.93. The number of methoxy groups -OCH3 is 1. The standard InChI is InChI=1S/C17H24N4O3/c1-24-16(23)13-5-10-20(11-6-13)15(22)14-4-2-9-21(12-14)17-18-7-3-8-19-17/h3,7-8,13-14H,2,4-6,9-12H2,1H3/t14-/m1/s1. The van der Waals surface area contributed by atoms with Gasteiger partial charge in [0.25, 0.3) is 0 Å². The Morgan fingerprint density at radius 2 is 1.79 bits per heavy atom. The molecule has 7 nitrogen and oxygen atoms in total. The van der Waals surface area contributed by atoms with Crippen LogP contribution in [0.5, 0.6) is 0 Å². The Hall–Kier alpha value is -2.18. The molecule has 7 heteroatoms. The van der Waals surface area contributed by atoms with Crippen LogP contribution in [0.2, 0.25) is 0 Å². The third-order valence-corrected chi connectivity index (χ3v) is 4.95. The molecular formula is C17H24N4O3. The number of hydrogen-bond donors (Lipinski definition) is 0. The SMILES string of the molecule is COC(=O)C1CCN(C(=O)[C@@H]2CCCN(c3ncccn3)C2)CC1. The van der Waals surface area contributed by atoms with Crippen molar-refractivity contribution >= 4 is 17.8 Å². The van der Waals surface area contributed by atoms with Gasteiger partial charge in [-0.1, -0.05) is 0 Å². The lowest BCUT2D eigenvalue weighted by molar-refractivity contribution is -0.149. The van der Waals surface area contributed by atoms with E-state index in [1.54, 1.807) is 18.5 Å². The van der Waals surface area contributed by atoms with E-state index in [4.69, 9.17) is 4.74 Å². The first-order chi connectivity index (χ1) is 11.7. The molecule has 0 aromatic carbocycles.